The van der Waals surface area contributed by atoms with E-state index in [-0.39, 0.29) is 4.90 Å². The van der Waals surface area contributed by atoms with E-state index in [1.807, 2.05) is 25.1 Å². The third-order valence-electron chi connectivity index (χ3n) is 4.04. The minimum atomic E-state index is -3.74. The van der Waals surface area contributed by atoms with Crippen molar-refractivity contribution in [3.05, 3.63) is 71.5 Å². The van der Waals surface area contributed by atoms with E-state index < -0.39 is 10.0 Å². The van der Waals surface area contributed by atoms with Crippen molar-refractivity contribution >= 4 is 43.4 Å². The maximum absolute atomic E-state index is 13.2. The lowest BCUT2D eigenvalue weighted by Crippen LogP contribution is -2.12. The van der Waals surface area contributed by atoms with Crippen LogP contribution in [0.4, 0.5) is 0 Å². The fourth-order valence-electron chi connectivity index (χ4n) is 2.88. The van der Waals surface area contributed by atoms with Crippen LogP contribution in [0.25, 0.3) is 21.8 Å². The summed E-state index contributed by atoms with van der Waals surface area (Å²) in [5.74, 6) is 0. The number of rotatable bonds is 2. The Hall–Kier alpha value is -2.37. The van der Waals surface area contributed by atoms with Crippen molar-refractivity contribution in [2.24, 2.45) is 0 Å². The first kappa shape index (κ1) is 15.2. The molecule has 0 N–H and O–H groups in total. The summed E-state index contributed by atoms with van der Waals surface area (Å²) in [6.07, 6.45) is 1.50. The maximum atomic E-state index is 13.2. The number of benzene rings is 2. The summed E-state index contributed by atoms with van der Waals surface area (Å²) in [5, 5.41) is 1.92. The van der Waals surface area contributed by atoms with Gasteiger partial charge in [0, 0.05) is 10.8 Å². The molecule has 0 aliphatic rings. The Morgan fingerprint density at radius 1 is 0.958 bits per heavy atom. The fraction of sp³-hybridized carbons (Fsp3) is 0.0556. The molecular weight excluding hydrogens is 344 g/mol. The minimum absolute atomic E-state index is 0.241. The lowest BCUT2D eigenvalue weighted by Gasteiger charge is -2.09. The summed E-state index contributed by atoms with van der Waals surface area (Å²) in [5.41, 5.74) is 2.13. The van der Waals surface area contributed by atoms with Gasteiger partial charge in [0.1, 0.15) is 5.15 Å². The fourth-order valence-corrected chi connectivity index (χ4v) is 4.55. The molecule has 0 atom stereocenters. The van der Waals surface area contributed by atoms with Gasteiger partial charge in [-0.05, 0) is 31.2 Å². The van der Waals surface area contributed by atoms with Crippen LogP contribution in [0.5, 0.6) is 0 Å². The van der Waals surface area contributed by atoms with Crippen LogP contribution in [0.2, 0.25) is 5.15 Å². The largest absolute Gasteiger partial charge is 0.268 e. The van der Waals surface area contributed by atoms with Crippen LogP contribution in [0, 0.1) is 6.92 Å². The second-order valence-corrected chi connectivity index (χ2v) is 7.80. The summed E-state index contributed by atoms with van der Waals surface area (Å²) in [4.78, 5) is 4.31. The van der Waals surface area contributed by atoms with Gasteiger partial charge in [0.25, 0.3) is 10.0 Å². The highest BCUT2D eigenvalue weighted by Gasteiger charge is 2.23. The lowest BCUT2D eigenvalue weighted by atomic mass is 10.2. The van der Waals surface area contributed by atoms with Crippen molar-refractivity contribution < 1.29 is 8.42 Å². The third-order valence-corrected chi connectivity index (χ3v) is 5.99. The number of para-hydroxylation sites is 1. The molecule has 0 amide bonds. The molecule has 4 aromatic rings. The van der Waals surface area contributed by atoms with Crippen LogP contribution in [-0.2, 0) is 10.0 Å². The highest BCUT2D eigenvalue weighted by atomic mass is 35.5. The van der Waals surface area contributed by atoms with Gasteiger partial charge in [-0.3, -0.25) is 0 Å². The quantitative estimate of drug-likeness (QED) is 0.500. The molecule has 4 nitrogen and oxygen atoms in total. The van der Waals surface area contributed by atoms with Crippen molar-refractivity contribution in [3.8, 4) is 0 Å². The normalized spacial score (nSPS) is 12.1. The number of hydrogen-bond donors (Lipinski definition) is 0. The topological polar surface area (TPSA) is 52.0 Å². The van der Waals surface area contributed by atoms with E-state index in [1.54, 1.807) is 36.4 Å². The summed E-state index contributed by atoms with van der Waals surface area (Å²) in [6, 6.07) is 15.9. The molecule has 0 spiro atoms. The van der Waals surface area contributed by atoms with E-state index >= 15 is 0 Å². The Balaban J connectivity index is 2.13. The third kappa shape index (κ3) is 2.20. The highest BCUT2D eigenvalue weighted by Crippen LogP contribution is 2.33. The number of halogens is 1. The van der Waals surface area contributed by atoms with E-state index in [9.17, 15) is 8.42 Å². The summed E-state index contributed by atoms with van der Waals surface area (Å²) < 4.78 is 27.8. The van der Waals surface area contributed by atoms with Gasteiger partial charge < -0.3 is 0 Å². The molecule has 0 unspecified atom stereocenters. The van der Waals surface area contributed by atoms with Gasteiger partial charge in [-0.1, -0.05) is 47.5 Å². The van der Waals surface area contributed by atoms with Gasteiger partial charge in [-0.15, -0.1) is 0 Å². The predicted molar refractivity (Wildman–Crippen MR) is 96.0 cm³/mol. The molecule has 4 rings (SSSR count). The van der Waals surface area contributed by atoms with Crippen LogP contribution in [0.15, 0.2) is 65.7 Å². The number of fused-ring (bicyclic) bond motifs is 3. The second-order valence-electron chi connectivity index (χ2n) is 5.62. The number of hydrogen-bond acceptors (Lipinski definition) is 3. The van der Waals surface area contributed by atoms with Gasteiger partial charge >= 0.3 is 0 Å². The van der Waals surface area contributed by atoms with Gasteiger partial charge in [0.2, 0.25) is 0 Å². The van der Waals surface area contributed by atoms with Crippen molar-refractivity contribution in [1.82, 2.24) is 8.96 Å². The number of nitrogens with zero attached hydrogens (tertiary/aromatic N) is 2. The van der Waals surface area contributed by atoms with Gasteiger partial charge in [0.05, 0.1) is 22.1 Å². The van der Waals surface area contributed by atoms with Crippen LogP contribution in [-0.4, -0.2) is 17.4 Å². The van der Waals surface area contributed by atoms with E-state index in [4.69, 9.17) is 11.6 Å². The first-order valence-electron chi connectivity index (χ1n) is 7.35. The molecule has 0 bridgehead atoms. The summed E-state index contributed by atoms with van der Waals surface area (Å²) in [7, 11) is -3.74. The van der Waals surface area contributed by atoms with E-state index in [1.165, 1.54) is 10.2 Å². The Labute approximate surface area is 144 Å². The Kier molecular flexibility index (Phi) is 3.37. The van der Waals surface area contributed by atoms with Gasteiger partial charge in [-0.2, -0.15) is 0 Å². The molecule has 0 radical (unpaired) electrons. The molecule has 0 saturated carbocycles. The molecule has 2 heterocycles. The molecular formula is C18H13ClN2O2S. The van der Waals surface area contributed by atoms with Crippen LogP contribution >= 0.6 is 11.6 Å². The Morgan fingerprint density at radius 3 is 2.42 bits per heavy atom. The zero-order valence-electron chi connectivity index (χ0n) is 12.8. The van der Waals surface area contributed by atoms with E-state index in [0.29, 0.717) is 16.2 Å². The second kappa shape index (κ2) is 5.33. The molecule has 0 aliphatic carbocycles. The highest BCUT2D eigenvalue weighted by molar-refractivity contribution is 7.90. The first-order valence-corrected chi connectivity index (χ1v) is 9.17. The molecule has 120 valence electrons. The van der Waals surface area contributed by atoms with E-state index in [2.05, 4.69) is 4.98 Å². The zero-order chi connectivity index (χ0) is 16.9. The summed E-state index contributed by atoms with van der Waals surface area (Å²) in [6.45, 7) is 1.92. The molecule has 0 saturated heterocycles. The molecule has 0 aliphatic heterocycles. The number of aryl methyl sites for hydroxylation is 1. The molecule has 24 heavy (non-hydrogen) atoms. The minimum Gasteiger partial charge on any atom is -0.242 e. The number of aromatic nitrogens is 2. The Morgan fingerprint density at radius 2 is 1.67 bits per heavy atom. The molecule has 6 heteroatoms. The number of pyridine rings is 1. The van der Waals surface area contributed by atoms with E-state index in [0.717, 1.165) is 16.3 Å². The first-order chi connectivity index (χ1) is 11.5. The zero-order valence-corrected chi connectivity index (χ0v) is 14.3. The molecule has 2 aromatic heterocycles. The predicted octanol–water partition coefficient (Wildman–Crippen LogP) is 4.39. The van der Waals surface area contributed by atoms with Crippen molar-refractivity contribution in [1.29, 1.82) is 0 Å². The van der Waals surface area contributed by atoms with Gasteiger partial charge in [0.15, 0.2) is 0 Å². The molecule has 2 aromatic carbocycles. The average molecular weight is 357 g/mol. The van der Waals surface area contributed by atoms with Crippen molar-refractivity contribution in [2.75, 3.05) is 0 Å². The maximum Gasteiger partial charge on any atom is 0.268 e. The lowest BCUT2D eigenvalue weighted by molar-refractivity contribution is 0.590. The SMILES string of the molecule is Cc1ccc(S(=O)(=O)n2c3ccccc3c3cc(Cl)ncc32)cc1. The monoisotopic (exact) mass is 356 g/mol. The van der Waals surface area contributed by atoms with Crippen LogP contribution in [0.3, 0.4) is 0 Å². The standard InChI is InChI=1S/C18H13ClN2O2S/c1-12-6-8-13(9-7-12)24(22,23)21-16-5-3-2-4-14(16)15-10-18(19)20-11-17(15)21/h2-11H,1H3. The Bertz CT molecular complexity index is 1180. The van der Waals surface area contributed by atoms with Crippen molar-refractivity contribution in [2.45, 2.75) is 11.8 Å². The average Bonchev–Trinajstić information content (AvgIpc) is 2.90. The summed E-state index contributed by atoms with van der Waals surface area (Å²) >= 11 is 6.01. The van der Waals surface area contributed by atoms with Crippen LogP contribution < -0.4 is 0 Å². The smallest absolute Gasteiger partial charge is 0.242 e. The van der Waals surface area contributed by atoms with Crippen molar-refractivity contribution in [3.63, 3.8) is 0 Å². The van der Waals surface area contributed by atoms with Gasteiger partial charge in [-0.25, -0.2) is 17.4 Å². The van der Waals surface area contributed by atoms with Crippen LogP contribution in [0.1, 0.15) is 5.56 Å². The molecule has 0 fully saturated rings.